The molecular weight excluding hydrogens is 298 g/mol. The summed E-state index contributed by atoms with van der Waals surface area (Å²) in [6.07, 6.45) is 0.389. The van der Waals surface area contributed by atoms with Gasteiger partial charge < -0.3 is 15.1 Å². The minimum Gasteiger partial charge on any atom is -0.369 e. The molecule has 1 atom stereocenters. The Morgan fingerprint density at radius 3 is 2.95 bits per heavy atom. The summed E-state index contributed by atoms with van der Waals surface area (Å²) in [6, 6.07) is 8.28. The molecule has 22 heavy (non-hydrogen) atoms. The van der Waals surface area contributed by atoms with Crippen LogP contribution < -0.4 is 15.6 Å². The molecule has 0 aliphatic carbocycles. The van der Waals surface area contributed by atoms with Crippen LogP contribution in [0.15, 0.2) is 29.4 Å². The number of piperazine rings is 1. The number of rotatable bonds is 4. The molecule has 1 amide bonds. The molecule has 1 aromatic carbocycles. The zero-order valence-electron chi connectivity index (χ0n) is 12.7. The molecular formula is C15H21N5OS. The number of carbonyl (C=O) groups is 1. The zero-order valence-corrected chi connectivity index (χ0v) is 13.5. The second kappa shape index (κ2) is 7.02. The first-order valence-corrected chi connectivity index (χ1v) is 8.39. The van der Waals surface area contributed by atoms with Gasteiger partial charge in [0, 0.05) is 31.9 Å². The molecule has 6 nitrogen and oxygen atoms in total. The van der Waals surface area contributed by atoms with Crippen molar-refractivity contribution in [2.24, 2.45) is 5.10 Å². The molecule has 2 heterocycles. The standard InChI is InChI=1S/C15H21N5OS/c1-19-5-7-20(8-6-19)13-4-2-3-12(9-13)10-14(21)17-15-18-16-11-22-15/h2-4,9,11,15,18H,5-8,10H2,1H3,(H,17,21). The van der Waals surface area contributed by atoms with E-state index in [1.165, 1.54) is 17.4 Å². The molecule has 7 heteroatoms. The van der Waals surface area contributed by atoms with Gasteiger partial charge in [-0.15, -0.1) is 0 Å². The normalized spacial score (nSPS) is 21.7. The van der Waals surface area contributed by atoms with Gasteiger partial charge in [0.05, 0.1) is 12.0 Å². The fraction of sp³-hybridized carbons (Fsp3) is 0.467. The Morgan fingerprint density at radius 2 is 2.23 bits per heavy atom. The fourth-order valence-corrected chi connectivity index (χ4v) is 3.16. The van der Waals surface area contributed by atoms with Crippen molar-refractivity contribution in [3.8, 4) is 0 Å². The van der Waals surface area contributed by atoms with E-state index in [9.17, 15) is 4.79 Å². The number of thioether (sulfide) groups is 1. The van der Waals surface area contributed by atoms with Crippen molar-refractivity contribution >= 4 is 28.9 Å². The van der Waals surface area contributed by atoms with E-state index in [0.29, 0.717) is 6.42 Å². The monoisotopic (exact) mass is 319 g/mol. The highest BCUT2D eigenvalue weighted by molar-refractivity contribution is 8.12. The Bertz CT molecular complexity index is 549. The summed E-state index contributed by atoms with van der Waals surface area (Å²) >= 11 is 1.46. The fourth-order valence-electron chi connectivity index (χ4n) is 2.60. The van der Waals surface area contributed by atoms with Gasteiger partial charge in [0.15, 0.2) is 5.50 Å². The highest BCUT2D eigenvalue weighted by atomic mass is 32.2. The van der Waals surface area contributed by atoms with E-state index in [1.54, 1.807) is 5.55 Å². The molecule has 1 fully saturated rings. The van der Waals surface area contributed by atoms with Gasteiger partial charge in [-0.05, 0) is 24.7 Å². The van der Waals surface area contributed by atoms with Gasteiger partial charge in [0.2, 0.25) is 5.91 Å². The Labute approximate surface area is 134 Å². The maximum atomic E-state index is 12.1. The molecule has 2 N–H and O–H groups in total. The van der Waals surface area contributed by atoms with E-state index in [2.05, 4.69) is 44.8 Å². The van der Waals surface area contributed by atoms with Crippen molar-refractivity contribution < 1.29 is 4.79 Å². The van der Waals surface area contributed by atoms with Gasteiger partial charge in [-0.25, -0.2) is 0 Å². The molecule has 0 spiro atoms. The SMILES string of the molecule is CN1CCN(c2cccc(CC(=O)NC3NN=CS3)c2)CC1. The van der Waals surface area contributed by atoms with Crippen molar-refractivity contribution in [1.29, 1.82) is 0 Å². The zero-order chi connectivity index (χ0) is 15.4. The quantitative estimate of drug-likeness (QED) is 0.854. The van der Waals surface area contributed by atoms with E-state index in [-0.39, 0.29) is 11.4 Å². The van der Waals surface area contributed by atoms with Crippen LogP contribution in [0, 0.1) is 0 Å². The second-order valence-corrected chi connectivity index (χ2v) is 6.54. The summed E-state index contributed by atoms with van der Waals surface area (Å²) in [5.41, 5.74) is 6.62. The van der Waals surface area contributed by atoms with Crippen LogP contribution in [-0.4, -0.2) is 55.1 Å². The number of hydrogen-bond acceptors (Lipinski definition) is 6. The van der Waals surface area contributed by atoms with Gasteiger partial charge in [0.25, 0.3) is 0 Å². The lowest BCUT2D eigenvalue weighted by atomic mass is 10.1. The molecule has 1 saturated heterocycles. The molecule has 0 aromatic heterocycles. The lowest BCUT2D eigenvalue weighted by Crippen LogP contribution is -2.44. The van der Waals surface area contributed by atoms with Crippen LogP contribution in [0.1, 0.15) is 5.56 Å². The van der Waals surface area contributed by atoms with Crippen LogP contribution in [0.4, 0.5) is 5.69 Å². The van der Waals surface area contributed by atoms with Crippen LogP contribution in [0.5, 0.6) is 0 Å². The Morgan fingerprint density at radius 1 is 1.41 bits per heavy atom. The number of anilines is 1. The average Bonchev–Trinajstić information content (AvgIpc) is 3.01. The molecule has 1 unspecified atom stereocenters. The summed E-state index contributed by atoms with van der Waals surface area (Å²) in [5, 5.41) is 6.77. The average molecular weight is 319 g/mol. The molecule has 0 saturated carbocycles. The molecule has 0 bridgehead atoms. The number of hydrogen-bond donors (Lipinski definition) is 2. The Balaban J connectivity index is 1.57. The van der Waals surface area contributed by atoms with Crippen LogP contribution in [0.3, 0.4) is 0 Å². The van der Waals surface area contributed by atoms with Gasteiger partial charge in [0.1, 0.15) is 0 Å². The van der Waals surface area contributed by atoms with Crippen molar-refractivity contribution in [1.82, 2.24) is 15.6 Å². The van der Waals surface area contributed by atoms with Crippen LogP contribution in [0.25, 0.3) is 0 Å². The van der Waals surface area contributed by atoms with Gasteiger partial charge in [-0.2, -0.15) is 5.10 Å². The highest BCUT2D eigenvalue weighted by Gasteiger charge is 2.16. The largest absolute Gasteiger partial charge is 0.369 e. The summed E-state index contributed by atoms with van der Waals surface area (Å²) in [7, 11) is 2.15. The maximum Gasteiger partial charge on any atom is 0.226 e. The minimum absolute atomic E-state index is 0.00558. The first kappa shape index (κ1) is 15.2. The highest BCUT2D eigenvalue weighted by Crippen LogP contribution is 2.18. The maximum absolute atomic E-state index is 12.1. The number of nitrogens with zero attached hydrogens (tertiary/aromatic N) is 3. The molecule has 0 radical (unpaired) electrons. The van der Waals surface area contributed by atoms with E-state index in [0.717, 1.165) is 31.7 Å². The molecule has 2 aliphatic heterocycles. The number of hydrazone groups is 1. The Hall–Kier alpha value is -1.73. The smallest absolute Gasteiger partial charge is 0.226 e. The predicted octanol–water partition coefficient (Wildman–Crippen LogP) is 0.660. The van der Waals surface area contributed by atoms with Crippen LogP contribution in [0.2, 0.25) is 0 Å². The van der Waals surface area contributed by atoms with E-state index in [1.807, 2.05) is 12.1 Å². The molecule has 1 aromatic rings. The first-order chi connectivity index (χ1) is 10.7. The Kier molecular flexibility index (Phi) is 4.84. The predicted molar refractivity (Wildman–Crippen MR) is 91.0 cm³/mol. The van der Waals surface area contributed by atoms with Crippen molar-refractivity contribution in [3.05, 3.63) is 29.8 Å². The van der Waals surface area contributed by atoms with Crippen molar-refractivity contribution in [3.63, 3.8) is 0 Å². The lowest BCUT2D eigenvalue weighted by molar-refractivity contribution is -0.120. The number of benzene rings is 1. The number of amides is 1. The summed E-state index contributed by atoms with van der Waals surface area (Å²) < 4.78 is 0. The number of likely N-dealkylation sites (N-methyl/N-ethyl adjacent to an activating group) is 1. The molecule has 2 aliphatic rings. The number of carbonyl (C=O) groups excluding carboxylic acids is 1. The van der Waals surface area contributed by atoms with Gasteiger partial charge in [-0.3, -0.25) is 10.2 Å². The third-order valence-corrected chi connectivity index (χ3v) is 4.60. The lowest BCUT2D eigenvalue weighted by Gasteiger charge is -2.34. The molecule has 3 rings (SSSR count). The minimum atomic E-state index is -0.145. The third-order valence-electron chi connectivity index (χ3n) is 3.88. The summed E-state index contributed by atoms with van der Waals surface area (Å²) in [4.78, 5) is 16.8. The van der Waals surface area contributed by atoms with E-state index in [4.69, 9.17) is 0 Å². The topological polar surface area (TPSA) is 60.0 Å². The van der Waals surface area contributed by atoms with Crippen LogP contribution >= 0.6 is 11.8 Å². The summed E-state index contributed by atoms with van der Waals surface area (Å²) in [6.45, 7) is 4.23. The van der Waals surface area contributed by atoms with Crippen molar-refractivity contribution in [2.45, 2.75) is 11.9 Å². The second-order valence-electron chi connectivity index (χ2n) is 5.58. The van der Waals surface area contributed by atoms with E-state index < -0.39 is 0 Å². The number of nitrogens with one attached hydrogen (secondary N) is 2. The van der Waals surface area contributed by atoms with Crippen molar-refractivity contribution in [2.75, 3.05) is 38.1 Å². The van der Waals surface area contributed by atoms with Crippen LogP contribution in [-0.2, 0) is 11.2 Å². The third kappa shape index (κ3) is 3.92. The van der Waals surface area contributed by atoms with Gasteiger partial charge in [-0.1, -0.05) is 23.9 Å². The first-order valence-electron chi connectivity index (χ1n) is 7.45. The molecule has 118 valence electrons. The van der Waals surface area contributed by atoms with Gasteiger partial charge >= 0.3 is 0 Å². The summed E-state index contributed by atoms with van der Waals surface area (Å²) in [5.74, 6) is 0.00558. The van der Waals surface area contributed by atoms with E-state index >= 15 is 0 Å².